The summed E-state index contributed by atoms with van der Waals surface area (Å²) in [6, 6.07) is 5.47. The van der Waals surface area contributed by atoms with Crippen molar-refractivity contribution in [1.82, 2.24) is 9.13 Å². The predicted molar refractivity (Wildman–Crippen MR) is 241 cm³/mol. The molecule has 0 spiro atoms. The zero-order valence-corrected chi connectivity index (χ0v) is 37.7. The van der Waals surface area contributed by atoms with E-state index < -0.39 is 23.4 Å². The molecule has 0 radical (unpaired) electrons. The highest BCUT2D eigenvalue weighted by Gasteiger charge is 2.37. The molecule has 8 aromatic rings. The highest BCUT2D eigenvalue weighted by molar-refractivity contribution is 6.18. The first-order valence-electron chi connectivity index (χ1n) is 20.7. The molecular weight excluding hydrogens is 760 g/mol. The van der Waals surface area contributed by atoms with Crippen molar-refractivity contribution >= 4 is 43.6 Å². The first kappa shape index (κ1) is 41.3. The molecule has 60 heavy (non-hydrogen) atoms. The van der Waals surface area contributed by atoms with Crippen LogP contribution in [0.3, 0.4) is 0 Å². The zero-order valence-electron chi connectivity index (χ0n) is 37.7. The van der Waals surface area contributed by atoms with Crippen LogP contribution in [-0.4, -0.2) is 9.13 Å². The molecule has 0 saturated heterocycles. The summed E-state index contributed by atoms with van der Waals surface area (Å²) in [6.07, 6.45) is -4.89. The minimum absolute atomic E-state index is 0.188. The Labute approximate surface area is 349 Å². The van der Waals surface area contributed by atoms with E-state index in [9.17, 15) is 0 Å². The van der Waals surface area contributed by atoms with E-state index in [-0.39, 0.29) is 11.1 Å². The lowest BCUT2D eigenvalue weighted by atomic mass is 9.90. The number of aromatic nitrogens is 2. The van der Waals surface area contributed by atoms with Crippen LogP contribution in [0.2, 0.25) is 0 Å². The van der Waals surface area contributed by atoms with Gasteiger partial charge in [0.05, 0.1) is 39.0 Å². The van der Waals surface area contributed by atoms with Crippen LogP contribution in [0.4, 0.5) is 22.0 Å². The maximum Gasteiger partial charge on any atom is 0.417 e. The average Bonchev–Trinajstić information content (AvgIpc) is 3.74. The van der Waals surface area contributed by atoms with Crippen molar-refractivity contribution in [3.63, 3.8) is 0 Å². The van der Waals surface area contributed by atoms with E-state index in [0.717, 1.165) is 145 Å². The Hall–Kier alpha value is -5.43. The van der Waals surface area contributed by atoms with E-state index >= 15 is 22.0 Å². The second kappa shape index (κ2) is 13.5. The molecule has 2 heterocycles. The van der Waals surface area contributed by atoms with Crippen LogP contribution in [0.25, 0.3) is 66.1 Å². The lowest BCUT2D eigenvalue weighted by Gasteiger charge is -2.25. The SMILES string of the molecule is Cc1c(C)c(C)c2c(c1C)c1c(C)c(C)c(C)c(C)c1n2-c1cc(-c2cc(F)cc(F)c2)c(C(F)(F)F)cc1-n1c2c(C)c(C)c(C)c(C)c2c2c(C)c(C)c(C)c(C)c21. The molecule has 2 nitrogen and oxygen atoms in total. The van der Waals surface area contributed by atoms with Crippen LogP contribution < -0.4 is 0 Å². The van der Waals surface area contributed by atoms with Gasteiger partial charge in [-0.3, -0.25) is 0 Å². The quantitative estimate of drug-likeness (QED) is 0.157. The van der Waals surface area contributed by atoms with E-state index in [0.29, 0.717) is 17.4 Å². The molecule has 7 heteroatoms. The molecule has 310 valence electrons. The fourth-order valence-electron chi connectivity index (χ4n) is 10.3. The molecule has 0 atom stereocenters. The Balaban J connectivity index is 1.79. The molecule has 0 aliphatic heterocycles. The fourth-order valence-corrected chi connectivity index (χ4v) is 10.3. The number of alkyl halides is 3. The maximum absolute atomic E-state index is 15.9. The number of benzene rings is 6. The van der Waals surface area contributed by atoms with Gasteiger partial charge in [-0.25, -0.2) is 8.78 Å². The molecule has 0 amide bonds. The van der Waals surface area contributed by atoms with Crippen LogP contribution in [0.1, 0.15) is 94.6 Å². The van der Waals surface area contributed by atoms with E-state index in [1.165, 1.54) is 6.07 Å². The van der Waals surface area contributed by atoms with Crippen LogP contribution in [0.5, 0.6) is 0 Å². The first-order chi connectivity index (χ1) is 27.9. The van der Waals surface area contributed by atoms with Gasteiger partial charge < -0.3 is 9.13 Å². The molecule has 0 aliphatic carbocycles. The topological polar surface area (TPSA) is 9.86 Å². The average molecular weight is 813 g/mol. The van der Waals surface area contributed by atoms with Gasteiger partial charge in [0.1, 0.15) is 11.6 Å². The molecule has 0 bridgehead atoms. The normalized spacial score (nSPS) is 12.4. The minimum atomic E-state index is -4.89. The third-order valence-corrected chi connectivity index (χ3v) is 15.1. The van der Waals surface area contributed by atoms with Gasteiger partial charge in [-0.05, 0) is 235 Å². The van der Waals surface area contributed by atoms with Gasteiger partial charge in [0, 0.05) is 27.6 Å². The van der Waals surface area contributed by atoms with Crippen LogP contribution in [0.15, 0.2) is 30.3 Å². The molecule has 2 aromatic heterocycles. The summed E-state index contributed by atoms with van der Waals surface area (Å²) in [7, 11) is 0. The van der Waals surface area contributed by atoms with Crippen molar-refractivity contribution < 1.29 is 22.0 Å². The standard InChI is InChI=1S/C53H53F5N2/c1-22-26(5)34(13)49-45(30(22)9)46-31(10)23(2)27(6)35(14)50(46)59(49)43-20-41(38-17-39(54)19-40(55)18-38)42(53(56,57)58)21-44(43)60-51-36(15)28(7)24(3)32(11)47(51)48-33(12)25(4)29(8)37(16)52(48)60/h17-21H,1-16H3. The first-order valence-corrected chi connectivity index (χ1v) is 20.7. The lowest BCUT2D eigenvalue weighted by molar-refractivity contribution is -0.137. The highest BCUT2D eigenvalue weighted by atomic mass is 19.4. The molecule has 0 aliphatic rings. The summed E-state index contributed by atoms with van der Waals surface area (Å²) in [5.74, 6) is -1.90. The van der Waals surface area contributed by atoms with Crippen LogP contribution >= 0.6 is 0 Å². The van der Waals surface area contributed by atoms with Crippen molar-refractivity contribution in [2.24, 2.45) is 0 Å². The smallest absolute Gasteiger partial charge is 0.307 e. The van der Waals surface area contributed by atoms with E-state index in [1.807, 2.05) is 0 Å². The van der Waals surface area contributed by atoms with Gasteiger partial charge in [0.25, 0.3) is 0 Å². The third-order valence-electron chi connectivity index (χ3n) is 15.1. The van der Waals surface area contributed by atoms with E-state index in [1.54, 1.807) is 6.07 Å². The van der Waals surface area contributed by atoms with Crippen LogP contribution in [0, 0.1) is 122 Å². The minimum Gasteiger partial charge on any atom is -0.307 e. The largest absolute Gasteiger partial charge is 0.417 e. The van der Waals surface area contributed by atoms with Crippen molar-refractivity contribution in [2.45, 2.75) is 117 Å². The van der Waals surface area contributed by atoms with Gasteiger partial charge >= 0.3 is 6.18 Å². The summed E-state index contributed by atoms with van der Waals surface area (Å²) in [5.41, 5.74) is 20.2. The molecule has 0 saturated carbocycles. The Kier molecular flexibility index (Phi) is 9.32. The van der Waals surface area contributed by atoms with Crippen molar-refractivity contribution in [2.75, 3.05) is 0 Å². The number of hydrogen-bond acceptors (Lipinski definition) is 0. The van der Waals surface area contributed by atoms with Gasteiger partial charge in [0.15, 0.2) is 0 Å². The lowest BCUT2D eigenvalue weighted by Crippen LogP contribution is -2.13. The van der Waals surface area contributed by atoms with Crippen LogP contribution in [-0.2, 0) is 6.18 Å². The molecule has 0 fully saturated rings. The maximum atomic E-state index is 15.9. The Morgan fingerprint density at radius 3 is 0.883 bits per heavy atom. The van der Waals surface area contributed by atoms with E-state index in [4.69, 9.17) is 0 Å². The van der Waals surface area contributed by atoms with E-state index in [2.05, 4.69) is 120 Å². The number of aryl methyl sites for hydroxylation is 8. The second-order valence-corrected chi connectivity index (χ2v) is 17.6. The highest BCUT2D eigenvalue weighted by Crippen LogP contribution is 2.50. The number of fused-ring (bicyclic) bond motifs is 6. The summed E-state index contributed by atoms with van der Waals surface area (Å²) in [5, 5.41) is 4.14. The number of halogens is 5. The monoisotopic (exact) mass is 812 g/mol. The van der Waals surface area contributed by atoms with Gasteiger partial charge in [-0.1, -0.05) is 0 Å². The van der Waals surface area contributed by atoms with Crippen molar-refractivity contribution in [3.8, 4) is 22.5 Å². The molecule has 0 N–H and O–H groups in total. The Bertz CT molecular complexity index is 3080. The molecule has 0 unspecified atom stereocenters. The van der Waals surface area contributed by atoms with Crippen molar-refractivity contribution in [1.29, 1.82) is 0 Å². The zero-order chi connectivity index (χ0) is 44.1. The van der Waals surface area contributed by atoms with Gasteiger partial charge in [-0.2, -0.15) is 13.2 Å². The Morgan fingerprint density at radius 1 is 0.333 bits per heavy atom. The molecule has 6 aromatic carbocycles. The summed E-state index contributed by atoms with van der Waals surface area (Å²) in [4.78, 5) is 0. The molecular formula is C53H53F5N2. The summed E-state index contributed by atoms with van der Waals surface area (Å²) < 4.78 is 82.2. The van der Waals surface area contributed by atoms with Gasteiger partial charge in [-0.15, -0.1) is 0 Å². The Morgan fingerprint density at radius 2 is 0.600 bits per heavy atom. The second-order valence-electron chi connectivity index (χ2n) is 17.6. The fraction of sp³-hybridized carbons (Fsp3) is 0.321. The number of rotatable bonds is 3. The summed E-state index contributed by atoms with van der Waals surface area (Å²) in [6.45, 7) is 33.7. The number of nitrogens with zero attached hydrogens (tertiary/aromatic N) is 2. The molecule has 8 rings (SSSR count). The van der Waals surface area contributed by atoms with Gasteiger partial charge in [0.2, 0.25) is 0 Å². The third kappa shape index (κ3) is 5.42. The summed E-state index contributed by atoms with van der Waals surface area (Å²) >= 11 is 0. The van der Waals surface area contributed by atoms with Crippen molar-refractivity contribution in [3.05, 3.63) is 137 Å². The predicted octanol–water partition coefficient (Wildman–Crippen LogP) is 15.8. The number of hydrogen-bond donors (Lipinski definition) is 0.